The Labute approximate surface area is 116 Å². The van der Waals surface area contributed by atoms with Gasteiger partial charge in [-0.3, -0.25) is 19.2 Å². The van der Waals surface area contributed by atoms with Crippen molar-refractivity contribution in [2.24, 2.45) is 0 Å². The summed E-state index contributed by atoms with van der Waals surface area (Å²) in [5, 5.41) is 13.2. The van der Waals surface area contributed by atoms with Gasteiger partial charge in [-0.15, -0.1) is 0 Å². The molecule has 0 radical (unpaired) electrons. The number of nitrogens with zero attached hydrogens (tertiary/aromatic N) is 1. The largest absolute Gasteiger partial charge is 0.480 e. The molecule has 0 atom stereocenters. The van der Waals surface area contributed by atoms with Crippen LogP contribution in [-0.4, -0.2) is 73.6 Å². The minimum absolute atomic E-state index is 0.114. The standard InChI is InChI=1S/C11H19N3O6/c1-8(15)12-5-9(16)13-6-10(17)14(3-4-20-2)7-11(18)19/h3-7H2,1-2H3,(H,12,15)(H,13,16)(H,18,19). The lowest BCUT2D eigenvalue weighted by molar-refractivity contribution is -0.144. The number of carboxylic acids is 1. The first-order valence-electron chi connectivity index (χ1n) is 5.86. The Morgan fingerprint density at radius 2 is 1.80 bits per heavy atom. The fraction of sp³-hybridized carbons (Fsp3) is 0.636. The third kappa shape index (κ3) is 8.86. The van der Waals surface area contributed by atoms with E-state index in [9.17, 15) is 19.2 Å². The van der Waals surface area contributed by atoms with Crippen LogP contribution in [0.1, 0.15) is 6.92 Å². The maximum Gasteiger partial charge on any atom is 0.323 e. The molecule has 0 bridgehead atoms. The Morgan fingerprint density at radius 3 is 2.30 bits per heavy atom. The molecule has 0 fully saturated rings. The van der Waals surface area contributed by atoms with Crippen LogP contribution in [0.25, 0.3) is 0 Å². The van der Waals surface area contributed by atoms with Crippen molar-refractivity contribution < 1.29 is 29.0 Å². The van der Waals surface area contributed by atoms with Gasteiger partial charge in [0.05, 0.1) is 19.7 Å². The Kier molecular flexibility index (Phi) is 8.68. The molecule has 0 spiro atoms. The van der Waals surface area contributed by atoms with Gasteiger partial charge in [0.25, 0.3) is 0 Å². The molecule has 114 valence electrons. The third-order valence-corrected chi connectivity index (χ3v) is 2.18. The van der Waals surface area contributed by atoms with Crippen molar-refractivity contribution in [1.82, 2.24) is 15.5 Å². The van der Waals surface area contributed by atoms with Gasteiger partial charge in [-0.2, -0.15) is 0 Å². The predicted molar refractivity (Wildman–Crippen MR) is 67.8 cm³/mol. The summed E-state index contributed by atoms with van der Waals surface area (Å²) in [4.78, 5) is 45.3. The van der Waals surface area contributed by atoms with Crippen molar-refractivity contribution in [3.8, 4) is 0 Å². The SMILES string of the molecule is COCCN(CC(=O)O)C(=O)CNC(=O)CNC(C)=O. The van der Waals surface area contributed by atoms with Crippen LogP contribution in [0.3, 0.4) is 0 Å². The van der Waals surface area contributed by atoms with Crippen LogP contribution in [-0.2, 0) is 23.9 Å². The van der Waals surface area contributed by atoms with Gasteiger partial charge in [-0.25, -0.2) is 0 Å². The van der Waals surface area contributed by atoms with Crippen molar-refractivity contribution >= 4 is 23.7 Å². The van der Waals surface area contributed by atoms with E-state index in [4.69, 9.17) is 9.84 Å². The molecular weight excluding hydrogens is 270 g/mol. The fourth-order valence-corrected chi connectivity index (χ4v) is 1.21. The van der Waals surface area contributed by atoms with Crippen LogP contribution in [0.4, 0.5) is 0 Å². The van der Waals surface area contributed by atoms with Gasteiger partial charge < -0.3 is 25.4 Å². The van der Waals surface area contributed by atoms with E-state index in [0.29, 0.717) is 0 Å². The van der Waals surface area contributed by atoms with Crippen LogP contribution in [0, 0.1) is 0 Å². The summed E-state index contributed by atoms with van der Waals surface area (Å²) in [6, 6.07) is 0. The smallest absolute Gasteiger partial charge is 0.323 e. The first-order chi connectivity index (χ1) is 9.36. The van der Waals surface area contributed by atoms with E-state index in [1.165, 1.54) is 14.0 Å². The molecule has 0 aliphatic heterocycles. The number of hydrogen-bond donors (Lipinski definition) is 3. The van der Waals surface area contributed by atoms with Crippen LogP contribution < -0.4 is 10.6 Å². The van der Waals surface area contributed by atoms with E-state index in [-0.39, 0.29) is 32.1 Å². The molecule has 0 aliphatic carbocycles. The van der Waals surface area contributed by atoms with Crippen LogP contribution >= 0.6 is 0 Å². The molecule has 0 unspecified atom stereocenters. The van der Waals surface area contributed by atoms with Crippen LogP contribution in [0.15, 0.2) is 0 Å². The number of rotatable bonds is 9. The maximum absolute atomic E-state index is 11.7. The van der Waals surface area contributed by atoms with Gasteiger partial charge in [0.1, 0.15) is 6.54 Å². The predicted octanol–water partition coefficient (Wildman–Crippen LogP) is -2.20. The van der Waals surface area contributed by atoms with Crippen LogP contribution in [0.5, 0.6) is 0 Å². The monoisotopic (exact) mass is 289 g/mol. The highest BCUT2D eigenvalue weighted by atomic mass is 16.5. The first-order valence-corrected chi connectivity index (χ1v) is 5.86. The second-order valence-electron chi connectivity index (χ2n) is 3.89. The number of carbonyl (C=O) groups is 4. The van der Waals surface area contributed by atoms with Crippen molar-refractivity contribution in [3.05, 3.63) is 0 Å². The van der Waals surface area contributed by atoms with E-state index in [1.807, 2.05) is 0 Å². The Bertz CT molecular complexity index is 371. The number of ether oxygens (including phenoxy) is 1. The second-order valence-corrected chi connectivity index (χ2v) is 3.89. The zero-order chi connectivity index (χ0) is 15.5. The Balaban J connectivity index is 4.20. The molecule has 3 N–H and O–H groups in total. The zero-order valence-electron chi connectivity index (χ0n) is 11.5. The summed E-state index contributed by atoms with van der Waals surface area (Å²) >= 11 is 0. The average Bonchev–Trinajstić information content (AvgIpc) is 2.37. The highest BCUT2D eigenvalue weighted by molar-refractivity contribution is 5.88. The number of methoxy groups -OCH3 is 1. The lowest BCUT2D eigenvalue weighted by atomic mass is 10.4. The molecule has 0 aromatic heterocycles. The Hall–Kier alpha value is -2.16. The van der Waals surface area contributed by atoms with E-state index in [2.05, 4.69) is 10.6 Å². The summed E-state index contributed by atoms with van der Waals surface area (Å²) in [6.07, 6.45) is 0. The van der Waals surface area contributed by atoms with Crippen molar-refractivity contribution in [3.63, 3.8) is 0 Å². The maximum atomic E-state index is 11.7. The number of amides is 3. The minimum atomic E-state index is -1.15. The number of nitrogens with one attached hydrogen (secondary N) is 2. The van der Waals surface area contributed by atoms with E-state index >= 15 is 0 Å². The van der Waals surface area contributed by atoms with Gasteiger partial charge in [-0.05, 0) is 0 Å². The molecular formula is C11H19N3O6. The van der Waals surface area contributed by atoms with Crippen molar-refractivity contribution in [2.75, 3.05) is 39.9 Å². The molecule has 0 aromatic rings. The highest BCUT2D eigenvalue weighted by Crippen LogP contribution is 1.90. The van der Waals surface area contributed by atoms with Gasteiger partial charge in [0.15, 0.2) is 0 Å². The summed E-state index contributed by atoms with van der Waals surface area (Å²) in [5.41, 5.74) is 0. The molecule has 9 heteroatoms. The summed E-state index contributed by atoms with van der Waals surface area (Å²) < 4.78 is 4.77. The fourth-order valence-electron chi connectivity index (χ4n) is 1.21. The molecule has 0 rings (SSSR count). The minimum Gasteiger partial charge on any atom is -0.480 e. The van der Waals surface area contributed by atoms with Gasteiger partial charge >= 0.3 is 5.97 Å². The van der Waals surface area contributed by atoms with Crippen molar-refractivity contribution in [2.45, 2.75) is 6.92 Å². The van der Waals surface area contributed by atoms with Gasteiger partial charge in [0, 0.05) is 20.6 Å². The van der Waals surface area contributed by atoms with Gasteiger partial charge in [-0.1, -0.05) is 0 Å². The average molecular weight is 289 g/mol. The normalized spacial score (nSPS) is 9.70. The molecule has 0 saturated heterocycles. The van der Waals surface area contributed by atoms with Gasteiger partial charge in [0.2, 0.25) is 17.7 Å². The third-order valence-electron chi connectivity index (χ3n) is 2.18. The quantitative estimate of drug-likeness (QED) is 0.442. The van der Waals surface area contributed by atoms with E-state index in [0.717, 1.165) is 4.90 Å². The molecule has 0 aliphatic rings. The number of carbonyl (C=O) groups excluding carboxylic acids is 3. The number of hydrogen-bond acceptors (Lipinski definition) is 5. The summed E-state index contributed by atoms with van der Waals surface area (Å²) in [6.45, 7) is 0.526. The topological polar surface area (TPSA) is 125 Å². The summed E-state index contributed by atoms with van der Waals surface area (Å²) in [7, 11) is 1.43. The zero-order valence-corrected chi connectivity index (χ0v) is 11.5. The van der Waals surface area contributed by atoms with E-state index < -0.39 is 24.3 Å². The highest BCUT2D eigenvalue weighted by Gasteiger charge is 2.17. The molecule has 0 saturated carbocycles. The number of aliphatic carboxylic acids is 1. The molecule has 0 heterocycles. The first kappa shape index (κ1) is 17.8. The lowest BCUT2D eigenvalue weighted by Gasteiger charge is -2.20. The van der Waals surface area contributed by atoms with Crippen molar-refractivity contribution in [1.29, 1.82) is 0 Å². The molecule has 9 nitrogen and oxygen atoms in total. The second kappa shape index (κ2) is 9.73. The number of carboxylic acid groups (broad SMARTS) is 1. The molecule has 20 heavy (non-hydrogen) atoms. The molecule has 0 aromatic carbocycles. The van der Waals surface area contributed by atoms with E-state index in [1.54, 1.807) is 0 Å². The Morgan fingerprint density at radius 1 is 1.15 bits per heavy atom. The van der Waals surface area contributed by atoms with Crippen LogP contribution in [0.2, 0.25) is 0 Å². The lowest BCUT2D eigenvalue weighted by Crippen LogP contribution is -2.45. The summed E-state index contributed by atoms with van der Waals surface area (Å²) in [5.74, 6) is -2.59. The molecule has 3 amide bonds.